The summed E-state index contributed by atoms with van der Waals surface area (Å²) in [6.07, 6.45) is 1.61. The first-order chi connectivity index (χ1) is 10.0. The van der Waals surface area contributed by atoms with E-state index in [0.717, 1.165) is 9.35 Å². The molecule has 0 amide bonds. The minimum atomic E-state index is -1.02. The maximum Gasteiger partial charge on any atom is 0.336 e. The number of rotatable bonds is 3. The number of hydrogen-bond acceptors (Lipinski definition) is 4. The molecule has 0 atom stereocenters. The smallest absolute Gasteiger partial charge is 0.336 e. The van der Waals surface area contributed by atoms with Gasteiger partial charge in [-0.2, -0.15) is 0 Å². The molecule has 1 aliphatic rings. The summed E-state index contributed by atoms with van der Waals surface area (Å²) in [6, 6.07) is 6.69. The van der Waals surface area contributed by atoms with E-state index in [2.05, 4.69) is 15.9 Å². The van der Waals surface area contributed by atoms with E-state index in [-0.39, 0.29) is 18.0 Å². The molecule has 2 aromatic rings. The summed E-state index contributed by atoms with van der Waals surface area (Å²) in [4.78, 5) is 23.8. The van der Waals surface area contributed by atoms with Crippen molar-refractivity contribution in [3.05, 3.63) is 50.1 Å². The second kappa shape index (κ2) is 5.46. The van der Waals surface area contributed by atoms with Crippen molar-refractivity contribution in [2.75, 3.05) is 6.61 Å². The van der Waals surface area contributed by atoms with Crippen molar-refractivity contribution in [3.8, 4) is 5.75 Å². The van der Waals surface area contributed by atoms with Crippen molar-refractivity contribution < 1.29 is 19.4 Å². The Labute approximate surface area is 132 Å². The van der Waals surface area contributed by atoms with E-state index in [0.29, 0.717) is 16.9 Å². The van der Waals surface area contributed by atoms with Gasteiger partial charge in [-0.25, -0.2) is 4.79 Å². The third-order valence-corrected chi connectivity index (χ3v) is 4.70. The topological polar surface area (TPSA) is 63.6 Å². The third-order valence-electron chi connectivity index (χ3n) is 3.06. The molecule has 0 radical (unpaired) electrons. The van der Waals surface area contributed by atoms with Gasteiger partial charge in [-0.3, -0.25) is 4.79 Å². The number of ketones is 1. The van der Waals surface area contributed by atoms with Crippen LogP contribution in [0.5, 0.6) is 5.75 Å². The fraction of sp³-hybridized carbons (Fsp3) is 0.0667. The Balaban J connectivity index is 2.04. The summed E-state index contributed by atoms with van der Waals surface area (Å²) in [7, 11) is 0. The predicted molar refractivity (Wildman–Crippen MR) is 83.8 cm³/mol. The first kappa shape index (κ1) is 14.0. The summed E-state index contributed by atoms with van der Waals surface area (Å²) in [5.41, 5.74) is 1.18. The molecule has 3 rings (SSSR count). The van der Waals surface area contributed by atoms with Crippen LogP contribution in [0.25, 0.3) is 11.6 Å². The number of halogens is 1. The largest absolute Gasteiger partial charge is 0.485 e. The van der Waals surface area contributed by atoms with E-state index in [1.54, 1.807) is 24.3 Å². The van der Waals surface area contributed by atoms with Gasteiger partial charge in [0.05, 0.1) is 11.1 Å². The van der Waals surface area contributed by atoms with Crippen molar-refractivity contribution in [1.29, 1.82) is 0 Å². The molecule has 0 aliphatic carbocycles. The van der Waals surface area contributed by atoms with Crippen LogP contribution in [-0.4, -0.2) is 23.5 Å². The quantitative estimate of drug-likeness (QED) is 0.843. The summed E-state index contributed by atoms with van der Waals surface area (Å²) < 4.78 is 6.17. The lowest BCUT2D eigenvalue weighted by atomic mass is 10.0. The van der Waals surface area contributed by atoms with Gasteiger partial charge in [0, 0.05) is 14.7 Å². The number of carbonyl (C=O) groups is 2. The van der Waals surface area contributed by atoms with Crippen LogP contribution >= 0.6 is 27.3 Å². The second-order valence-electron chi connectivity index (χ2n) is 4.45. The van der Waals surface area contributed by atoms with Crippen LogP contribution in [0.3, 0.4) is 0 Å². The molecule has 0 saturated heterocycles. The van der Waals surface area contributed by atoms with Crippen LogP contribution in [-0.2, 0) is 4.79 Å². The van der Waals surface area contributed by atoms with Crippen molar-refractivity contribution in [2.45, 2.75) is 0 Å². The summed E-state index contributed by atoms with van der Waals surface area (Å²) in [6.45, 7) is 0.0166. The number of thiophene rings is 1. The van der Waals surface area contributed by atoms with E-state index in [1.807, 2.05) is 11.4 Å². The monoisotopic (exact) mass is 364 g/mol. The highest BCUT2D eigenvalue weighted by Crippen LogP contribution is 2.31. The molecule has 1 N–H and O–H groups in total. The number of Topliss-reactive ketones (excluding diaryl/α,β-unsaturated/α-hetero) is 1. The number of carbonyl (C=O) groups excluding carboxylic acids is 1. The lowest BCUT2D eigenvalue weighted by Crippen LogP contribution is -2.00. The molecule has 0 fully saturated rings. The first-order valence-electron chi connectivity index (χ1n) is 6.04. The van der Waals surface area contributed by atoms with Gasteiger partial charge >= 0.3 is 5.97 Å². The molecule has 21 heavy (non-hydrogen) atoms. The molecular formula is C15H9BrO4S. The summed E-state index contributed by atoms with van der Waals surface area (Å²) in [5, 5.41) is 11.3. The van der Waals surface area contributed by atoms with Crippen LogP contribution in [0.1, 0.15) is 20.8 Å². The summed E-state index contributed by atoms with van der Waals surface area (Å²) in [5.74, 6) is -0.666. The normalized spacial score (nSPS) is 14.0. The highest BCUT2D eigenvalue weighted by Gasteiger charge is 2.22. The predicted octanol–water partition coefficient (Wildman–Crippen LogP) is 3.71. The second-order valence-corrected chi connectivity index (χ2v) is 6.31. The SMILES string of the molecule is O=C(O)C(=Cc1cc(Br)cs1)c1ccc2c(c1)OCC2=O. The Kier molecular flexibility index (Phi) is 3.65. The van der Waals surface area contributed by atoms with Crippen molar-refractivity contribution in [1.82, 2.24) is 0 Å². The zero-order valence-corrected chi connectivity index (χ0v) is 13.0. The molecule has 0 bridgehead atoms. The molecule has 1 aromatic carbocycles. The Bertz CT molecular complexity index is 776. The van der Waals surface area contributed by atoms with Crippen LogP contribution in [0.4, 0.5) is 0 Å². The van der Waals surface area contributed by atoms with Gasteiger partial charge in [-0.1, -0.05) is 6.07 Å². The lowest BCUT2D eigenvalue weighted by Gasteiger charge is -2.05. The lowest BCUT2D eigenvalue weighted by molar-refractivity contribution is -0.130. The van der Waals surface area contributed by atoms with Gasteiger partial charge in [0.15, 0.2) is 6.61 Å². The minimum absolute atomic E-state index is 0.0166. The number of hydrogen-bond donors (Lipinski definition) is 1. The average Bonchev–Trinajstić information content (AvgIpc) is 3.02. The average molecular weight is 365 g/mol. The van der Waals surface area contributed by atoms with Crippen molar-refractivity contribution in [3.63, 3.8) is 0 Å². The maximum atomic E-state index is 11.5. The number of carboxylic acids is 1. The Morgan fingerprint density at radius 3 is 2.86 bits per heavy atom. The molecule has 106 valence electrons. The van der Waals surface area contributed by atoms with E-state index in [1.165, 1.54) is 11.3 Å². The Morgan fingerprint density at radius 1 is 1.38 bits per heavy atom. The van der Waals surface area contributed by atoms with E-state index < -0.39 is 5.97 Å². The van der Waals surface area contributed by atoms with Crippen LogP contribution in [0.2, 0.25) is 0 Å². The maximum absolute atomic E-state index is 11.5. The van der Waals surface area contributed by atoms with Crippen LogP contribution < -0.4 is 4.74 Å². The van der Waals surface area contributed by atoms with Gasteiger partial charge in [0.2, 0.25) is 5.78 Å². The van der Waals surface area contributed by atoms with Crippen molar-refractivity contribution >= 4 is 50.7 Å². The van der Waals surface area contributed by atoms with Crippen LogP contribution in [0, 0.1) is 0 Å². The van der Waals surface area contributed by atoms with E-state index in [9.17, 15) is 14.7 Å². The number of ether oxygens (including phenoxy) is 1. The van der Waals surface area contributed by atoms with Crippen LogP contribution in [0.15, 0.2) is 34.1 Å². The molecule has 0 spiro atoms. The molecule has 4 nitrogen and oxygen atoms in total. The number of carboxylic acid groups (broad SMARTS) is 1. The number of aliphatic carboxylic acids is 1. The highest BCUT2D eigenvalue weighted by atomic mass is 79.9. The van der Waals surface area contributed by atoms with Gasteiger partial charge in [-0.05, 0) is 45.8 Å². The highest BCUT2D eigenvalue weighted by molar-refractivity contribution is 9.10. The Morgan fingerprint density at radius 2 is 2.19 bits per heavy atom. The third kappa shape index (κ3) is 2.77. The zero-order valence-electron chi connectivity index (χ0n) is 10.6. The molecule has 2 heterocycles. The van der Waals surface area contributed by atoms with Gasteiger partial charge < -0.3 is 9.84 Å². The number of benzene rings is 1. The fourth-order valence-corrected chi connectivity index (χ4v) is 3.45. The van der Waals surface area contributed by atoms with E-state index in [4.69, 9.17) is 4.74 Å². The molecular weight excluding hydrogens is 356 g/mol. The fourth-order valence-electron chi connectivity index (χ4n) is 2.08. The standard InChI is InChI=1S/C15H9BrO4S/c16-9-4-10(21-7-9)5-12(15(18)19)8-1-2-11-13(17)6-20-14(11)3-8/h1-5,7H,6H2,(H,18,19). The molecule has 6 heteroatoms. The number of fused-ring (bicyclic) bond motifs is 1. The molecule has 1 aromatic heterocycles. The van der Waals surface area contributed by atoms with Gasteiger partial charge in [0.1, 0.15) is 5.75 Å². The Hall–Kier alpha value is -1.92. The molecule has 1 aliphatic heterocycles. The summed E-state index contributed by atoms with van der Waals surface area (Å²) >= 11 is 4.78. The molecule has 0 unspecified atom stereocenters. The van der Waals surface area contributed by atoms with E-state index >= 15 is 0 Å². The zero-order chi connectivity index (χ0) is 15.0. The molecule has 0 saturated carbocycles. The van der Waals surface area contributed by atoms with Crippen molar-refractivity contribution in [2.24, 2.45) is 0 Å². The first-order valence-corrected chi connectivity index (χ1v) is 7.71. The minimum Gasteiger partial charge on any atom is -0.485 e. The van der Waals surface area contributed by atoms with Gasteiger partial charge in [-0.15, -0.1) is 11.3 Å². The van der Waals surface area contributed by atoms with Gasteiger partial charge in [0.25, 0.3) is 0 Å².